The van der Waals surface area contributed by atoms with Crippen LogP contribution in [0.25, 0.3) is 11.4 Å². The Balaban J connectivity index is 1.59. The van der Waals surface area contributed by atoms with Gasteiger partial charge >= 0.3 is 11.1 Å². The maximum Gasteiger partial charge on any atom is 0.320 e. The molecule has 0 saturated heterocycles. The molecule has 0 saturated carbocycles. The van der Waals surface area contributed by atoms with E-state index >= 15 is 0 Å². The van der Waals surface area contributed by atoms with Crippen LogP contribution in [-0.2, 0) is 6.54 Å². The molecule has 29 heavy (non-hydrogen) atoms. The van der Waals surface area contributed by atoms with Gasteiger partial charge in [0.2, 0.25) is 0 Å². The summed E-state index contributed by atoms with van der Waals surface area (Å²) in [6, 6.07) is 12.6. The van der Waals surface area contributed by atoms with Gasteiger partial charge in [-0.25, -0.2) is 9.07 Å². The van der Waals surface area contributed by atoms with E-state index in [2.05, 4.69) is 10.3 Å². The molecule has 146 valence electrons. The molecule has 2 aromatic carbocycles. The van der Waals surface area contributed by atoms with Crippen LogP contribution in [0.5, 0.6) is 5.75 Å². The van der Waals surface area contributed by atoms with Crippen LogP contribution in [0.2, 0.25) is 0 Å². The molecular formula is C20H16FN5O3. The molecule has 0 aliphatic heterocycles. The summed E-state index contributed by atoms with van der Waals surface area (Å²) in [5.41, 5.74) is 0.258. The van der Waals surface area contributed by atoms with E-state index in [0.29, 0.717) is 11.4 Å². The molecule has 0 bridgehead atoms. The van der Waals surface area contributed by atoms with Crippen LogP contribution >= 0.6 is 0 Å². The molecule has 0 spiro atoms. The number of rotatable bonds is 5. The van der Waals surface area contributed by atoms with Crippen LogP contribution in [0.1, 0.15) is 5.69 Å². The summed E-state index contributed by atoms with van der Waals surface area (Å²) in [5.74, 6) is 0.303. The lowest BCUT2D eigenvalue weighted by Crippen LogP contribution is -2.40. The average Bonchev–Trinajstić information content (AvgIpc) is 3.21. The van der Waals surface area contributed by atoms with Gasteiger partial charge in [-0.3, -0.25) is 14.2 Å². The predicted molar refractivity (Wildman–Crippen MR) is 103 cm³/mol. The molecule has 0 aliphatic rings. The van der Waals surface area contributed by atoms with Crippen LogP contribution in [0.15, 0.2) is 76.7 Å². The van der Waals surface area contributed by atoms with Gasteiger partial charge in [0, 0.05) is 18.1 Å². The van der Waals surface area contributed by atoms with Gasteiger partial charge in [-0.2, -0.15) is 0 Å². The number of hydrogen-bond acceptors (Lipinski definition) is 5. The van der Waals surface area contributed by atoms with Gasteiger partial charge in [0.1, 0.15) is 17.3 Å². The second-order valence-electron chi connectivity index (χ2n) is 6.24. The number of hydrogen-bond donors (Lipinski definition) is 0. The molecule has 0 N–H and O–H groups in total. The first-order valence-corrected chi connectivity index (χ1v) is 8.69. The molecule has 0 fully saturated rings. The maximum atomic E-state index is 13.1. The SMILES string of the molecule is COc1ccc(-n2cc(Cn3ccn(-c4ccc(F)cc4)c(=O)c3=O)nn2)cc1. The van der Waals surface area contributed by atoms with E-state index in [1.54, 1.807) is 30.1 Å². The summed E-state index contributed by atoms with van der Waals surface area (Å²) in [6.07, 6.45) is 4.63. The standard InChI is InChI=1S/C20H16FN5O3/c1-29-18-8-6-17(7-9-18)26-13-15(22-23-26)12-24-10-11-25(20(28)19(24)27)16-4-2-14(21)3-5-16/h2-11,13H,12H2,1H3. The molecule has 0 radical (unpaired) electrons. The van der Waals surface area contributed by atoms with Gasteiger partial charge in [-0.1, -0.05) is 5.21 Å². The molecule has 8 nitrogen and oxygen atoms in total. The van der Waals surface area contributed by atoms with Crippen LogP contribution in [-0.4, -0.2) is 31.2 Å². The third kappa shape index (κ3) is 3.70. The molecular weight excluding hydrogens is 377 g/mol. The van der Waals surface area contributed by atoms with Crippen LogP contribution in [0, 0.1) is 5.82 Å². The first-order valence-electron chi connectivity index (χ1n) is 8.69. The van der Waals surface area contributed by atoms with Crippen LogP contribution < -0.4 is 15.9 Å². The van der Waals surface area contributed by atoms with Crippen molar-refractivity contribution in [3.8, 4) is 17.1 Å². The van der Waals surface area contributed by atoms with Crippen molar-refractivity contribution in [2.24, 2.45) is 0 Å². The Morgan fingerprint density at radius 1 is 0.931 bits per heavy atom. The largest absolute Gasteiger partial charge is 0.497 e. The zero-order valence-corrected chi connectivity index (χ0v) is 15.4. The highest BCUT2D eigenvalue weighted by Gasteiger charge is 2.10. The summed E-state index contributed by atoms with van der Waals surface area (Å²) in [7, 11) is 1.59. The summed E-state index contributed by atoms with van der Waals surface area (Å²) in [5, 5.41) is 8.12. The Kier molecular flexibility index (Phi) is 4.78. The first-order chi connectivity index (χ1) is 14.0. The fraction of sp³-hybridized carbons (Fsp3) is 0.100. The van der Waals surface area contributed by atoms with Crippen molar-refractivity contribution in [3.05, 3.63) is 99.3 Å². The fourth-order valence-corrected chi connectivity index (χ4v) is 2.84. The number of methoxy groups -OCH3 is 1. The highest BCUT2D eigenvalue weighted by atomic mass is 19.1. The second-order valence-corrected chi connectivity index (χ2v) is 6.24. The zero-order valence-electron chi connectivity index (χ0n) is 15.4. The predicted octanol–water partition coefficient (Wildman–Crippen LogP) is 1.78. The van der Waals surface area contributed by atoms with Crippen molar-refractivity contribution in [1.82, 2.24) is 24.1 Å². The van der Waals surface area contributed by atoms with Gasteiger partial charge in [0.05, 0.1) is 25.5 Å². The zero-order chi connectivity index (χ0) is 20.4. The van der Waals surface area contributed by atoms with Crippen molar-refractivity contribution < 1.29 is 9.13 Å². The van der Waals surface area contributed by atoms with E-state index in [0.717, 1.165) is 11.4 Å². The van der Waals surface area contributed by atoms with Gasteiger partial charge in [-0.05, 0) is 48.5 Å². The Morgan fingerprint density at radius 3 is 2.31 bits per heavy atom. The summed E-state index contributed by atoms with van der Waals surface area (Å²) < 4.78 is 22.2. The normalized spacial score (nSPS) is 10.8. The molecule has 2 aromatic heterocycles. The van der Waals surface area contributed by atoms with Gasteiger partial charge in [0.15, 0.2) is 0 Å². The minimum atomic E-state index is -0.735. The van der Waals surface area contributed by atoms with Crippen molar-refractivity contribution in [2.45, 2.75) is 6.54 Å². The third-order valence-electron chi connectivity index (χ3n) is 4.37. The molecule has 0 atom stereocenters. The molecule has 0 unspecified atom stereocenters. The van der Waals surface area contributed by atoms with Crippen molar-refractivity contribution >= 4 is 0 Å². The van der Waals surface area contributed by atoms with E-state index in [1.807, 2.05) is 12.1 Å². The summed E-state index contributed by atoms with van der Waals surface area (Å²) in [6.45, 7) is 0.0918. The second kappa shape index (κ2) is 7.55. The average molecular weight is 393 g/mol. The number of halogens is 1. The van der Waals surface area contributed by atoms with E-state index in [4.69, 9.17) is 4.74 Å². The summed E-state index contributed by atoms with van der Waals surface area (Å²) in [4.78, 5) is 24.9. The minimum absolute atomic E-state index is 0.0918. The Bertz CT molecular complexity index is 1260. The Morgan fingerprint density at radius 2 is 1.62 bits per heavy atom. The topological polar surface area (TPSA) is 83.9 Å². The van der Waals surface area contributed by atoms with E-state index < -0.39 is 16.9 Å². The lowest BCUT2D eigenvalue weighted by Gasteiger charge is -2.08. The number of aromatic nitrogens is 5. The Labute approximate surface area is 164 Å². The lowest BCUT2D eigenvalue weighted by molar-refractivity contribution is 0.414. The molecule has 2 heterocycles. The molecule has 9 heteroatoms. The lowest BCUT2D eigenvalue weighted by atomic mass is 10.3. The molecule has 0 aliphatic carbocycles. The monoisotopic (exact) mass is 393 g/mol. The van der Waals surface area contributed by atoms with Crippen molar-refractivity contribution in [3.63, 3.8) is 0 Å². The van der Waals surface area contributed by atoms with Gasteiger partial charge in [0.25, 0.3) is 0 Å². The first kappa shape index (κ1) is 18.4. The third-order valence-corrected chi connectivity index (χ3v) is 4.37. The quantitative estimate of drug-likeness (QED) is 0.483. The van der Waals surface area contributed by atoms with E-state index in [-0.39, 0.29) is 6.54 Å². The summed E-state index contributed by atoms with van der Waals surface area (Å²) >= 11 is 0. The molecule has 4 rings (SSSR count). The van der Waals surface area contributed by atoms with Gasteiger partial charge in [-0.15, -0.1) is 5.10 Å². The van der Waals surface area contributed by atoms with Crippen LogP contribution in [0.3, 0.4) is 0 Å². The van der Waals surface area contributed by atoms with E-state index in [9.17, 15) is 14.0 Å². The number of nitrogens with zero attached hydrogens (tertiary/aromatic N) is 5. The molecule has 4 aromatic rings. The highest BCUT2D eigenvalue weighted by Crippen LogP contribution is 2.14. The Hall–Kier alpha value is -4.01. The highest BCUT2D eigenvalue weighted by molar-refractivity contribution is 5.36. The van der Waals surface area contributed by atoms with Gasteiger partial charge < -0.3 is 9.30 Å². The fourth-order valence-electron chi connectivity index (χ4n) is 2.84. The maximum absolute atomic E-state index is 13.1. The number of ether oxygens (including phenoxy) is 1. The van der Waals surface area contributed by atoms with Crippen molar-refractivity contribution in [1.29, 1.82) is 0 Å². The molecule has 0 amide bonds. The van der Waals surface area contributed by atoms with Crippen LogP contribution in [0.4, 0.5) is 4.39 Å². The van der Waals surface area contributed by atoms with Crippen molar-refractivity contribution in [2.75, 3.05) is 7.11 Å². The smallest absolute Gasteiger partial charge is 0.320 e. The van der Waals surface area contributed by atoms with E-state index in [1.165, 1.54) is 45.8 Å². The minimum Gasteiger partial charge on any atom is -0.497 e. The number of benzene rings is 2.